The van der Waals surface area contributed by atoms with Gasteiger partial charge in [-0.05, 0) is 30.9 Å². The maximum Gasteiger partial charge on any atom is 0.193 e. The van der Waals surface area contributed by atoms with E-state index >= 15 is 0 Å². The van der Waals surface area contributed by atoms with E-state index in [1.165, 1.54) is 12.1 Å². The third kappa shape index (κ3) is 7.20. The minimum Gasteiger partial charge on any atom is -0.356 e. The molecule has 1 N–H and O–H groups in total. The Labute approximate surface area is 148 Å². The summed E-state index contributed by atoms with van der Waals surface area (Å²) in [5.74, 6) is -0.297. The van der Waals surface area contributed by atoms with Crippen LogP contribution in [0.15, 0.2) is 35.8 Å². The molecule has 0 radical (unpaired) electrons. The maximum atomic E-state index is 13.5. The molecule has 0 saturated heterocycles. The highest BCUT2D eigenvalue weighted by atomic mass is 127. The van der Waals surface area contributed by atoms with E-state index in [1.54, 1.807) is 7.05 Å². The number of unbranched alkanes of at least 4 members (excludes halogenated alkanes) is 1. The second-order valence-corrected chi connectivity index (χ2v) is 4.81. The topological polar surface area (TPSA) is 27.6 Å². The second kappa shape index (κ2) is 11.4. The number of guanidine groups is 1. The van der Waals surface area contributed by atoms with Gasteiger partial charge in [0, 0.05) is 33.3 Å². The van der Waals surface area contributed by atoms with Gasteiger partial charge in [0.25, 0.3) is 0 Å². The molecule has 1 aromatic carbocycles. The van der Waals surface area contributed by atoms with Crippen molar-refractivity contribution in [3.05, 3.63) is 48.1 Å². The second-order valence-electron chi connectivity index (χ2n) is 4.81. The van der Waals surface area contributed by atoms with Crippen molar-refractivity contribution in [3.8, 4) is 0 Å². The molecule has 0 atom stereocenters. The van der Waals surface area contributed by atoms with Crippen molar-refractivity contribution >= 4 is 29.9 Å². The van der Waals surface area contributed by atoms with E-state index in [2.05, 4.69) is 16.9 Å². The van der Waals surface area contributed by atoms with Crippen molar-refractivity contribution in [1.82, 2.24) is 10.2 Å². The molecular formula is C16H24F2IN3. The number of benzene rings is 1. The minimum absolute atomic E-state index is 0. The molecule has 6 heteroatoms. The van der Waals surface area contributed by atoms with E-state index < -0.39 is 11.6 Å². The molecule has 0 aliphatic rings. The van der Waals surface area contributed by atoms with Crippen LogP contribution in [0.5, 0.6) is 0 Å². The summed E-state index contributed by atoms with van der Waals surface area (Å²) in [4.78, 5) is 6.20. The summed E-state index contributed by atoms with van der Waals surface area (Å²) < 4.78 is 26.3. The summed E-state index contributed by atoms with van der Waals surface area (Å²) in [5.41, 5.74) is 0.494. The van der Waals surface area contributed by atoms with Crippen molar-refractivity contribution in [2.75, 3.05) is 27.2 Å². The van der Waals surface area contributed by atoms with Crippen LogP contribution in [0.2, 0.25) is 0 Å². The average molecular weight is 423 g/mol. The largest absolute Gasteiger partial charge is 0.356 e. The van der Waals surface area contributed by atoms with Crippen LogP contribution in [-0.4, -0.2) is 38.0 Å². The molecule has 124 valence electrons. The molecule has 0 unspecified atom stereocenters. The Hall–Kier alpha value is -1.18. The number of aliphatic imine (C=N–C) groups is 1. The van der Waals surface area contributed by atoms with Gasteiger partial charge in [-0.15, -0.1) is 30.6 Å². The van der Waals surface area contributed by atoms with Crippen molar-refractivity contribution in [2.45, 2.75) is 19.3 Å². The van der Waals surface area contributed by atoms with Crippen LogP contribution in [0.3, 0.4) is 0 Å². The Morgan fingerprint density at radius 1 is 1.41 bits per heavy atom. The zero-order valence-electron chi connectivity index (χ0n) is 13.1. The quantitative estimate of drug-likeness (QED) is 0.239. The SMILES string of the molecule is C=CCCCN(C)C(=NC)NCCc1ccc(F)cc1F.I. The Bertz CT molecular complexity index is 492. The summed E-state index contributed by atoms with van der Waals surface area (Å²) in [6.45, 7) is 5.11. The lowest BCUT2D eigenvalue weighted by molar-refractivity contribution is 0.470. The zero-order chi connectivity index (χ0) is 15.7. The van der Waals surface area contributed by atoms with Crippen molar-refractivity contribution in [1.29, 1.82) is 0 Å². The first-order chi connectivity index (χ1) is 10.1. The van der Waals surface area contributed by atoms with Gasteiger partial charge < -0.3 is 10.2 Å². The molecule has 0 fully saturated rings. The van der Waals surface area contributed by atoms with Crippen LogP contribution < -0.4 is 5.32 Å². The number of rotatable bonds is 7. The van der Waals surface area contributed by atoms with Crippen LogP contribution in [0.25, 0.3) is 0 Å². The normalized spacial score (nSPS) is 10.8. The van der Waals surface area contributed by atoms with E-state index in [1.807, 2.05) is 18.0 Å². The minimum atomic E-state index is -0.554. The Kier molecular flexibility index (Phi) is 10.8. The summed E-state index contributed by atoms with van der Waals surface area (Å²) in [6, 6.07) is 3.66. The number of allylic oxidation sites excluding steroid dienone is 1. The van der Waals surface area contributed by atoms with E-state index in [9.17, 15) is 8.78 Å². The average Bonchev–Trinajstić information content (AvgIpc) is 2.45. The first-order valence-electron chi connectivity index (χ1n) is 7.05. The fraction of sp³-hybridized carbons (Fsp3) is 0.438. The molecule has 0 bridgehead atoms. The van der Waals surface area contributed by atoms with E-state index in [-0.39, 0.29) is 24.0 Å². The first kappa shape index (κ1) is 20.8. The summed E-state index contributed by atoms with van der Waals surface area (Å²) in [6.07, 6.45) is 4.34. The molecule has 3 nitrogen and oxygen atoms in total. The molecule has 1 rings (SSSR count). The van der Waals surface area contributed by atoms with Crippen molar-refractivity contribution < 1.29 is 8.78 Å². The van der Waals surface area contributed by atoms with Gasteiger partial charge in [-0.2, -0.15) is 0 Å². The Morgan fingerprint density at radius 3 is 2.73 bits per heavy atom. The lowest BCUT2D eigenvalue weighted by Crippen LogP contribution is -2.40. The third-order valence-corrected chi connectivity index (χ3v) is 3.17. The molecule has 1 aromatic rings. The molecule has 0 spiro atoms. The van der Waals surface area contributed by atoms with Crippen LogP contribution in [-0.2, 0) is 6.42 Å². The van der Waals surface area contributed by atoms with Crippen molar-refractivity contribution in [2.24, 2.45) is 4.99 Å². The zero-order valence-corrected chi connectivity index (χ0v) is 15.4. The van der Waals surface area contributed by atoms with Gasteiger partial charge in [0.15, 0.2) is 5.96 Å². The van der Waals surface area contributed by atoms with Crippen LogP contribution >= 0.6 is 24.0 Å². The molecule has 0 aliphatic heterocycles. The maximum absolute atomic E-state index is 13.5. The molecule has 22 heavy (non-hydrogen) atoms. The van der Waals surface area contributed by atoms with Gasteiger partial charge in [-0.3, -0.25) is 4.99 Å². The fourth-order valence-corrected chi connectivity index (χ4v) is 2.00. The number of nitrogens with zero attached hydrogens (tertiary/aromatic N) is 2. The summed E-state index contributed by atoms with van der Waals surface area (Å²) in [5, 5.41) is 3.18. The number of halogens is 3. The molecule has 0 aromatic heterocycles. The van der Waals surface area contributed by atoms with Gasteiger partial charge in [-0.25, -0.2) is 8.78 Å². The Morgan fingerprint density at radius 2 is 2.14 bits per heavy atom. The number of nitrogens with one attached hydrogen (secondary N) is 1. The third-order valence-electron chi connectivity index (χ3n) is 3.17. The number of hydrogen-bond acceptors (Lipinski definition) is 1. The summed E-state index contributed by atoms with van der Waals surface area (Å²) >= 11 is 0. The van der Waals surface area contributed by atoms with Gasteiger partial charge in [0.2, 0.25) is 0 Å². The molecule has 0 amide bonds. The van der Waals surface area contributed by atoms with Crippen LogP contribution in [0, 0.1) is 11.6 Å². The molecular weight excluding hydrogens is 399 g/mol. The van der Waals surface area contributed by atoms with E-state index in [0.29, 0.717) is 18.5 Å². The molecule has 0 saturated carbocycles. The van der Waals surface area contributed by atoms with E-state index in [4.69, 9.17) is 0 Å². The standard InChI is InChI=1S/C16H23F2N3.HI/c1-4-5-6-11-21(3)16(19-2)20-10-9-13-7-8-14(17)12-15(13)18;/h4,7-8,12H,1,5-6,9-11H2,2-3H3,(H,19,20);1H. The molecule has 0 aliphatic carbocycles. The van der Waals surface area contributed by atoms with Crippen LogP contribution in [0.4, 0.5) is 8.78 Å². The lowest BCUT2D eigenvalue weighted by Gasteiger charge is -2.21. The van der Waals surface area contributed by atoms with Gasteiger partial charge in [-0.1, -0.05) is 12.1 Å². The van der Waals surface area contributed by atoms with Crippen molar-refractivity contribution in [3.63, 3.8) is 0 Å². The first-order valence-corrected chi connectivity index (χ1v) is 7.05. The van der Waals surface area contributed by atoms with Gasteiger partial charge >= 0.3 is 0 Å². The molecule has 0 heterocycles. The van der Waals surface area contributed by atoms with Gasteiger partial charge in [0.05, 0.1) is 0 Å². The van der Waals surface area contributed by atoms with E-state index in [0.717, 1.165) is 31.4 Å². The Balaban J connectivity index is 0.00000441. The lowest BCUT2D eigenvalue weighted by atomic mass is 10.1. The fourth-order valence-electron chi connectivity index (χ4n) is 2.00. The highest BCUT2D eigenvalue weighted by molar-refractivity contribution is 14.0. The number of hydrogen-bond donors (Lipinski definition) is 1. The smallest absolute Gasteiger partial charge is 0.193 e. The monoisotopic (exact) mass is 423 g/mol. The highest BCUT2D eigenvalue weighted by Crippen LogP contribution is 2.09. The highest BCUT2D eigenvalue weighted by Gasteiger charge is 2.07. The summed E-state index contributed by atoms with van der Waals surface area (Å²) in [7, 11) is 3.67. The van der Waals surface area contributed by atoms with Crippen LogP contribution in [0.1, 0.15) is 18.4 Å². The van der Waals surface area contributed by atoms with Gasteiger partial charge in [0.1, 0.15) is 11.6 Å². The predicted molar refractivity (Wildman–Crippen MR) is 98.9 cm³/mol. The predicted octanol–water partition coefficient (Wildman–Crippen LogP) is 3.60.